The van der Waals surface area contributed by atoms with E-state index in [1.165, 1.54) is 17.5 Å². The fourth-order valence-corrected chi connectivity index (χ4v) is 2.36. The van der Waals surface area contributed by atoms with E-state index in [-0.39, 0.29) is 0 Å². The van der Waals surface area contributed by atoms with Gasteiger partial charge in [0.25, 0.3) is 0 Å². The van der Waals surface area contributed by atoms with Gasteiger partial charge in [0.05, 0.1) is 7.11 Å². The summed E-state index contributed by atoms with van der Waals surface area (Å²) in [6, 6.07) is 2.03. The highest BCUT2D eigenvalue weighted by Gasteiger charge is 2.11. The van der Waals surface area contributed by atoms with Crippen molar-refractivity contribution in [1.29, 1.82) is 0 Å². The minimum atomic E-state index is 0.419. The average Bonchev–Trinajstić information content (AvgIpc) is 2.33. The zero-order chi connectivity index (χ0) is 13.0. The Labute approximate surface area is 107 Å². The Bertz CT molecular complexity index is 444. The van der Waals surface area contributed by atoms with Gasteiger partial charge in [0.15, 0.2) is 5.96 Å². The van der Waals surface area contributed by atoms with Crippen molar-refractivity contribution in [3.63, 3.8) is 0 Å². The van der Waals surface area contributed by atoms with E-state index in [0.717, 1.165) is 21.8 Å². The molecule has 1 aromatic carbocycles. The molecule has 0 amide bonds. The predicted molar refractivity (Wildman–Crippen MR) is 73.7 cm³/mol. The lowest BCUT2D eigenvalue weighted by Gasteiger charge is -2.15. The number of nitrogens with one attached hydrogen (secondary N) is 1. The molecule has 0 aliphatic carbocycles. The minimum absolute atomic E-state index is 0.419. The van der Waals surface area contributed by atoms with Gasteiger partial charge in [-0.15, -0.1) is 0 Å². The van der Waals surface area contributed by atoms with Gasteiger partial charge in [0, 0.05) is 11.9 Å². The second-order valence-corrected chi connectivity index (χ2v) is 4.60. The van der Waals surface area contributed by atoms with Crippen molar-refractivity contribution in [3.05, 3.63) is 22.8 Å². The highest BCUT2D eigenvalue weighted by Crippen LogP contribution is 2.32. The standard InChI is InChI=1S/C12H19N3OS/c1-7-6-10(16-5)8(2)9(3)11(7)17-15-12(13)14-4/h6H,1-5H3,(H3,13,14,15). The summed E-state index contributed by atoms with van der Waals surface area (Å²) in [4.78, 5) is 5.02. The summed E-state index contributed by atoms with van der Waals surface area (Å²) >= 11 is 1.48. The molecule has 5 heteroatoms. The molecule has 0 heterocycles. The number of benzene rings is 1. The van der Waals surface area contributed by atoms with Gasteiger partial charge in [-0.3, -0.25) is 9.71 Å². The number of methoxy groups -OCH3 is 1. The Hall–Kier alpha value is -1.36. The SMILES string of the molecule is CN=C(N)NSc1c(C)cc(OC)c(C)c1C. The Kier molecular flexibility index (Phi) is 4.69. The van der Waals surface area contributed by atoms with Gasteiger partial charge in [-0.25, -0.2) is 0 Å². The molecule has 0 atom stereocenters. The lowest BCUT2D eigenvalue weighted by molar-refractivity contribution is 0.410. The Morgan fingerprint density at radius 3 is 2.53 bits per heavy atom. The first-order valence-corrected chi connectivity index (χ1v) is 6.12. The largest absolute Gasteiger partial charge is 0.496 e. The molecule has 0 radical (unpaired) electrons. The van der Waals surface area contributed by atoms with Crippen LogP contribution in [0.25, 0.3) is 0 Å². The third-order valence-electron chi connectivity index (χ3n) is 2.70. The van der Waals surface area contributed by atoms with Crippen molar-refractivity contribution >= 4 is 17.9 Å². The fraction of sp³-hybridized carbons (Fsp3) is 0.417. The molecule has 1 aromatic rings. The van der Waals surface area contributed by atoms with Crippen LogP contribution in [0.5, 0.6) is 5.75 Å². The maximum Gasteiger partial charge on any atom is 0.198 e. The summed E-state index contributed by atoms with van der Waals surface area (Å²) in [5.74, 6) is 1.34. The van der Waals surface area contributed by atoms with Crippen molar-refractivity contribution in [1.82, 2.24) is 4.72 Å². The number of nitrogens with zero attached hydrogens (tertiary/aromatic N) is 1. The smallest absolute Gasteiger partial charge is 0.198 e. The lowest BCUT2D eigenvalue weighted by Crippen LogP contribution is -2.25. The van der Waals surface area contributed by atoms with Crippen LogP contribution in [-0.4, -0.2) is 20.1 Å². The highest BCUT2D eigenvalue weighted by molar-refractivity contribution is 7.98. The Balaban J connectivity index is 3.04. The van der Waals surface area contributed by atoms with Crippen LogP contribution in [0, 0.1) is 20.8 Å². The number of guanidine groups is 1. The first kappa shape index (κ1) is 13.7. The minimum Gasteiger partial charge on any atom is -0.496 e. The molecular weight excluding hydrogens is 234 g/mol. The van der Waals surface area contributed by atoms with E-state index in [1.54, 1.807) is 14.2 Å². The molecule has 17 heavy (non-hydrogen) atoms. The fourth-order valence-electron chi connectivity index (χ4n) is 1.54. The first-order chi connectivity index (χ1) is 8.01. The van der Waals surface area contributed by atoms with E-state index in [0.29, 0.717) is 5.96 Å². The Morgan fingerprint density at radius 1 is 1.35 bits per heavy atom. The van der Waals surface area contributed by atoms with Crippen LogP contribution < -0.4 is 15.2 Å². The second-order valence-electron chi connectivity index (χ2n) is 3.79. The summed E-state index contributed by atoms with van der Waals surface area (Å²) in [5, 5.41) is 0. The molecule has 0 fully saturated rings. The number of rotatable bonds is 3. The molecular formula is C12H19N3OS. The Morgan fingerprint density at radius 2 is 2.00 bits per heavy atom. The number of ether oxygens (including phenoxy) is 1. The molecule has 0 saturated carbocycles. The molecule has 94 valence electrons. The number of hydrogen-bond donors (Lipinski definition) is 2. The molecule has 3 N–H and O–H groups in total. The quantitative estimate of drug-likeness (QED) is 0.492. The van der Waals surface area contributed by atoms with Crippen LogP contribution in [0.2, 0.25) is 0 Å². The summed E-state index contributed by atoms with van der Waals surface area (Å²) in [5.41, 5.74) is 9.11. The van der Waals surface area contributed by atoms with Gasteiger partial charge < -0.3 is 10.5 Å². The van der Waals surface area contributed by atoms with Crippen LogP contribution >= 0.6 is 11.9 Å². The van der Waals surface area contributed by atoms with Gasteiger partial charge in [-0.2, -0.15) is 0 Å². The predicted octanol–water partition coefficient (Wildman–Crippen LogP) is 2.16. The van der Waals surface area contributed by atoms with Gasteiger partial charge >= 0.3 is 0 Å². The summed E-state index contributed by atoms with van der Waals surface area (Å²) in [7, 11) is 3.34. The zero-order valence-corrected chi connectivity index (χ0v) is 11.7. The molecule has 0 unspecified atom stereocenters. The van der Waals surface area contributed by atoms with Crippen LogP contribution in [0.1, 0.15) is 16.7 Å². The topological polar surface area (TPSA) is 59.6 Å². The maximum absolute atomic E-state index is 5.61. The summed E-state index contributed by atoms with van der Waals surface area (Å²) in [6.45, 7) is 6.18. The lowest BCUT2D eigenvalue weighted by atomic mass is 10.1. The van der Waals surface area contributed by atoms with Crippen LogP contribution in [0.15, 0.2) is 16.0 Å². The molecule has 1 rings (SSSR count). The van der Waals surface area contributed by atoms with E-state index >= 15 is 0 Å². The van der Waals surface area contributed by atoms with Gasteiger partial charge in [-0.05, 0) is 55.5 Å². The van der Waals surface area contributed by atoms with E-state index in [9.17, 15) is 0 Å². The van der Waals surface area contributed by atoms with Crippen molar-refractivity contribution in [3.8, 4) is 5.75 Å². The van der Waals surface area contributed by atoms with Gasteiger partial charge in [0.1, 0.15) is 5.75 Å². The molecule has 0 aliphatic heterocycles. The normalized spacial score (nSPS) is 11.5. The van der Waals surface area contributed by atoms with Gasteiger partial charge in [-0.1, -0.05) is 0 Å². The van der Waals surface area contributed by atoms with Gasteiger partial charge in [0.2, 0.25) is 0 Å². The van der Waals surface area contributed by atoms with Crippen molar-refractivity contribution < 1.29 is 4.74 Å². The van der Waals surface area contributed by atoms with E-state index in [4.69, 9.17) is 10.5 Å². The van der Waals surface area contributed by atoms with Crippen molar-refractivity contribution in [2.45, 2.75) is 25.7 Å². The van der Waals surface area contributed by atoms with Crippen LogP contribution in [0.3, 0.4) is 0 Å². The summed E-state index contributed by atoms with van der Waals surface area (Å²) < 4.78 is 8.33. The first-order valence-electron chi connectivity index (χ1n) is 5.31. The molecule has 0 spiro atoms. The third kappa shape index (κ3) is 3.06. The molecule has 0 saturated heterocycles. The van der Waals surface area contributed by atoms with E-state index in [1.807, 2.05) is 6.07 Å². The highest BCUT2D eigenvalue weighted by atomic mass is 32.2. The number of aryl methyl sites for hydroxylation is 1. The summed E-state index contributed by atoms with van der Waals surface area (Å²) in [6.07, 6.45) is 0. The molecule has 0 aliphatic rings. The van der Waals surface area contributed by atoms with E-state index < -0.39 is 0 Å². The number of hydrogen-bond acceptors (Lipinski definition) is 3. The molecule has 0 bridgehead atoms. The van der Waals surface area contributed by atoms with Crippen molar-refractivity contribution in [2.24, 2.45) is 10.7 Å². The monoisotopic (exact) mass is 253 g/mol. The number of nitrogens with two attached hydrogens (primary N) is 1. The van der Waals surface area contributed by atoms with Crippen LogP contribution in [0.4, 0.5) is 0 Å². The second kappa shape index (κ2) is 5.82. The maximum atomic E-state index is 5.61. The number of aliphatic imine (C=N–C) groups is 1. The zero-order valence-electron chi connectivity index (χ0n) is 10.9. The van der Waals surface area contributed by atoms with E-state index in [2.05, 4.69) is 30.5 Å². The molecule has 0 aromatic heterocycles. The van der Waals surface area contributed by atoms with Crippen LogP contribution in [-0.2, 0) is 0 Å². The third-order valence-corrected chi connectivity index (χ3v) is 3.84. The average molecular weight is 253 g/mol. The van der Waals surface area contributed by atoms with Crippen molar-refractivity contribution in [2.75, 3.05) is 14.2 Å². The molecule has 4 nitrogen and oxygen atoms in total.